The number of nitrogens with one attached hydrogen (secondary N) is 3. The number of ether oxygens (including phenoxy) is 1. The highest BCUT2D eigenvalue weighted by Gasteiger charge is 2.50. The van der Waals surface area contributed by atoms with Gasteiger partial charge in [0.15, 0.2) is 0 Å². The van der Waals surface area contributed by atoms with E-state index in [0.717, 1.165) is 13.2 Å². The third-order valence-corrected chi connectivity index (χ3v) is 5.99. The van der Waals surface area contributed by atoms with Gasteiger partial charge in [-0.1, -0.05) is 62.3 Å². The molecule has 1 heterocycles. The normalized spacial score (nSPS) is 18.2. The molecule has 1 unspecified atom stereocenters. The number of hydrogen-bond acceptors (Lipinski definition) is 4. The topological polar surface area (TPSA) is 45.3 Å². The summed E-state index contributed by atoms with van der Waals surface area (Å²) in [5.41, 5.74) is -2.36. The maximum absolute atomic E-state index is 13.3. The summed E-state index contributed by atoms with van der Waals surface area (Å²) in [5, 5.41) is 8.60. The van der Waals surface area contributed by atoms with E-state index in [1.807, 2.05) is 0 Å². The van der Waals surface area contributed by atoms with Crippen LogP contribution in [0.25, 0.3) is 0 Å². The Labute approximate surface area is 237 Å². The number of rotatable bonds is 3. The van der Waals surface area contributed by atoms with Crippen LogP contribution >= 0.6 is 0 Å². The molecule has 3 N–H and O–H groups in total. The fraction of sp³-hybridized carbons (Fsp3) is 1.00. The molecule has 0 aliphatic carbocycles. The molecule has 1 saturated heterocycles. The molecule has 0 radical (unpaired) electrons. The van der Waals surface area contributed by atoms with Crippen molar-refractivity contribution in [2.75, 3.05) is 13.2 Å². The van der Waals surface area contributed by atoms with Gasteiger partial charge in [0.2, 0.25) is 0 Å². The quantitative estimate of drug-likeness (QED) is 0.233. The van der Waals surface area contributed by atoms with Gasteiger partial charge in [0.05, 0.1) is 18.8 Å². The van der Waals surface area contributed by atoms with Gasteiger partial charge in [-0.15, -0.1) is 0 Å². The van der Waals surface area contributed by atoms with E-state index in [1.54, 1.807) is 62.3 Å². The van der Waals surface area contributed by atoms with Gasteiger partial charge in [0, 0.05) is 22.0 Å². The van der Waals surface area contributed by atoms with E-state index in [9.17, 15) is 22.0 Å². The summed E-state index contributed by atoms with van der Waals surface area (Å²) >= 11 is 0. The summed E-state index contributed by atoms with van der Waals surface area (Å²) in [7, 11) is 0. The van der Waals surface area contributed by atoms with Crippen LogP contribution in [0.3, 0.4) is 0 Å². The van der Waals surface area contributed by atoms with Crippen LogP contribution in [0.15, 0.2) is 0 Å². The summed E-state index contributed by atoms with van der Waals surface area (Å²) in [6, 6.07) is -4.30. The van der Waals surface area contributed by atoms with Crippen LogP contribution in [0.5, 0.6) is 0 Å². The van der Waals surface area contributed by atoms with Crippen LogP contribution in [0.4, 0.5) is 22.0 Å². The second-order valence-corrected chi connectivity index (χ2v) is 17.1. The molecule has 238 valence electrons. The largest absolute Gasteiger partial charge is 0.404 e. The van der Waals surface area contributed by atoms with Gasteiger partial charge in [0.25, 0.3) is 0 Å². The molecule has 1 rings (SSSR count). The van der Waals surface area contributed by atoms with Crippen molar-refractivity contribution in [2.24, 2.45) is 16.2 Å². The molecule has 0 aromatic heterocycles. The average molecular weight is 576 g/mol. The molecule has 0 amide bonds. The lowest BCUT2D eigenvalue weighted by atomic mass is 9.71. The average Bonchev–Trinajstić information content (AvgIpc) is 2.49. The van der Waals surface area contributed by atoms with E-state index in [-0.39, 0.29) is 16.5 Å². The Balaban J connectivity index is 0. The summed E-state index contributed by atoms with van der Waals surface area (Å²) in [5.74, 6) is 0. The first-order chi connectivity index (χ1) is 16.5. The minimum absolute atomic E-state index is 0.164. The Morgan fingerprint density at radius 2 is 0.974 bits per heavy atom. The van der Waals surface area contributed by atoms with Crippen molar-refractivity contribution in [1.29, 1.82) is 0 Å². The van der Waals surface area contributed by atoms with Crippen LogP contribution in [0.2, 0.25) is 0 Å². The fourth-order valence-electron chi connectivity index (χ4n) is 3.60. The predicted octanol–water partition coefficient (Wildman–Crippen LogP) is 8.55. The van der Waals surface area contributed by atoms with Crippen molar-refractivity contribution >= 4 is 0 Å². The summed E-state index contributed by atoms with van der Waals surface area (Å²) < 4.78 is 70.0. The van der Waals surface area contributed by atoms with Crippen molar-refractivity contribution in [3.05, 3.63) is 0 Å². The summed E-state index contributed by atoms with van der Waals surface area (Å²) in [6.07, 6.45) is -4.20. The van der Waals surface area contributed by atoms with Gasteiger partial charge in [-0.05, 0) is 73.1 Å². The van der Waals surface area contributed by atoms with E-state index in [0.29, 0.717) is 0 Å². The minimum atomic E-state index is -4.20. The Morgan fingerprint density at radius 3 is 1.05 bits per heavy atom. The molecule has 0 aromatic carbocycles. The standard InChI is InChI=1S/C11H23NO.C10H20F3N.C9H19F2N/c1-9(2,3)11(7-13-8-11)12-10(4,5)6;1-8(2,3)7(10(11,12)13)14-9(4,5)6;1-7(2,3)9(10,11)12-8(4,5)6/h12H,7-8H2,1-6H3;7,14H,1-6H3;12H,1-6H3. The van der Waals surface area contributed by atoms with E-state index in [1.165, 1.54) is 20.8 Å². The molecule has 0 bridgehead atoms. The Morgan fingerprint density at radius 1 is 0.590 bits per heavy atom. The molecule has 1 aliphatic heterocycles. The second kappa shape index (κ2) is 12.8. The van der Waals surface area contributed by atoms with Crippen molar-refractivity contribution < 1.29 is 26.7 Å². The molecule has 9 heteroatoms. The lowest BCUT2D eigenvalue weighted by Crippen LogP contribution is -2.71. The van der Waals surface area contributed by atoms with Crippen molar-refractivity contribution in [3.8, 4) is 0 Å². The van der Waals surface area contributed by atoms with Gasteiger partial charge in [-0.2, -0.15) is 22.0 Å². The third-order valence-electron chi connectivity index (χ3n) is 5.99. The highest BCUT2D eigenvalue weighted by Crippen LogP contribution is 2.38. The van der Waals surface area contributed by atoms with Gasteiger partial charge in [-0.25, -0.2) is 0 Å². The Kier molecular flexibility index (Phi) is 13.3. The molecule has 0 aromatic rings. The van der Waals surface area contributed by atoms with Crippen LogP contribution in [0.1, 0.15) is 125 Å². The lowest BCUT2D eigenvalue weighted by molar-refractivity contribution is -0.182. The monoisotopic (exact) mass is 575 g/mol. The molecule has 4 nitrogen and oxygen atoms in total. The summed E-state index contributed by atoms with van der Waals surface area (Å²) in [4.78, 5) is 0. The molecular formula is C30H62F5N3O. The number of alkyl halides is 5. The molecular weight excluding hydrogens is 513 g/mol. The van der Waals surface area contributed by atoms with Gasteiger partial charge in [0.1, 0.15) is 6.04 Å². The molecule has 0 saturated carbocycles. The molecule has 1 atom stereocenters. The molecule has 1 fully saturated rings. The highest BCUT2D eigenvalue weighted by atomic mass is 19.4. The molecule has 1 aliphatic rings. The third kappa shape index (κ3) is 15.9. The number of hydrogen-bond donors (Lipinski definition) is 3. The molecule has 0 spiro atoms. The second-order valence-electron chi connectivity index (χ2n) is 17.1. The zero-order chi connectivity index (χ0) is 32.3. The smallest absolute Gasteiger partial charge is 0.377 e. The van der Waals surface area contributed by atoms with Crippen LogP contribution in [-0.4, -0.2) is 53.6 Å². The van der Waals surface area contributed by atoms with Gasteiger partial charge in [-0.3, -0.25) is 5.32 Å². The first-order valence-electron chi connectivity index (χ1n) is 13.8. The zero-order valence-electron chi connectivity index (χ0n) is 28.3. The van der Waals surface area contributed by atoms with Crippen LogP contribution in [0, 0.1) is 16.2 Å². The van der Waals surface area contributed by atoms with Gasteiger partial charge >= 0.3 is 12.2 Å². The van der Waals surface area contributed by atoms with E-state index < -0.39 is 40.2 Å². The maximum Gasteiger partial charge on any atom is 0.404 e. The van der Waals surface area contributed by atoms with Crippen molar-refractivity contribution in [2.45, 2.75) is 165 Å². The fourth-order valence-corrected chi connectivity index (χ4v) is 3.60. The first kappa shape index (κ1) is 40.6. The number of halogens is 5. The van der Waals surface area contributed by atoms with E-state index in [2.05, 4.69) is 57.5 Å². The Hall–Kier alpha value is -0.510. The first-order valence-corrected chi connectivity index (χ1v) is 13.8. The van der Waals surface area contributed by atoms with Crippen molar-refractivity contribution in [1.82, 2.24) is 16.0 Å². The minimum Gasteiger partial charge on any atom is -0.377 e. The highest BCUT2D eigenvalue weighted by molar-refractivity contribution is 5.05. The SMILES string of the molecule is CC(C)(C)NC(C(C)(C)C)C(F)(F)F.CC(C)(C)NC(F)(F)C(C)(C)C.CC(C)(C)NC1(C(C)(C)C)COC1. The predicted molar refractivity (Wildman–Crippen MR) is 155 cm³/mol. The van der Waals surface area contributed by atoms with Crippen LogP contribution < -0.4 is 16.0 Å². The van der Waals surface area contributed by atoms with E-state index >= 15 is 0 Å². The zero-order valence-corrected chi connectivity index (χ0v) is 28.3. The Bertz CT molecular complexity index is 705. The summed E-state index contributed by atoms with van der Waals surface area (Å²) in [6.45, 7) is 34.8. The van der Waals surface area contributed by atoms with Crippen LogP contribution in [-0.2, 0) is 4.74 Å². The lowest BCUT2D eigenvalue weighted by Gasteiger charge is -2.54. The van der Waals surface area contributed by atoms with E-state index in [4.69, 9.17) is 4.74 Å². The van der Waals surface area contributed by atoms with Gasteiger partial charge < -0.3 is 15.4 Å². The van der Waals surface area contributed by atoms with Crippen molar-refractivity contribution in [3.63, 3.8) is 0 Å². The maximum atomic E-state index is 13.3. The molecule has 39 heavy (non-hydrogen) atoms.